The van der Waals surface area contributed by atoms with Gasteiger partial charge in [0.05, 0.1) is 0 Å². The molecule has 0 bridgehead atoms. The van der Waals surface area contributed by atoms with Crippen molar-refractivity contribution in [1.29, 1.82) is 0 Å². The summed E-state index contributed by atoms with van der Waals surface area (Å²) in [7, 11) is 0. The number of amides is 2. The summed E-state index contributed by atoms with van der Waals surface area (Å²) in [6.07, 6.45) is 4.26. The SMILES string of the molecule is Cc1ccc(OCC(=O)N(Cc2cccc(Cl)c2)[C@@H](C)C(=O)NC2CCCC2)cc1. The highest BCUT2D eigenvalue weighted by Crippen LogP contribution is 2.19. The van der Waals surface area contributed by atoms with Crippen LogP contribution in [0.25, 0.3) is 0 Å². The molecule has 0 spiro atoms. The first kappa shape index (κ1) is 22.2. The van der Waals surface area contributed by atoms with Gasteiger partial charge in [0.25, 0.3) is 5.91 Å². The van der Waals surface area contributed by atoms with E-state index in [-0.39, 0.29) is 31.0 Å². The summed E-state index contributed by atoms with van der Waals surface area (Å²) in [5.74, 6) is 0.247. The molecular formula is C24H29ClN2O3. The quantitative estimate of drug-likeness (QED) is 0.673. The summed E-state index contributed by atoms with van der Waals surface area (Å²) in [5, 5.41) is 3.69. The highest BCUT2D eigenvalue weighted by atomic mass is 35.5. The molecule has 0 aliphatic heterocycles. The van der Waals surface area contributed by atoms with E-state index in [0.717, 1.165) is 36.8 Å². The van der Waals surface area contributed by atoms with Gasteiger partial charge in [0, 0.05) is 17.6 Å². The van der Waals surface area contributed by atoms with Crippen LogP contribution in [0, 0.1) is 6.92 Å². The molecule has 0 unspecified atom stereocenters. The average Bonchev–Trinajstić information content (AvgIpc) is 3.24. The molecule has 3 rings (SSSR count). The number of nitrogens with one attached hydrogen (secondary N) is 1. The second-order valence-corrected chi connectivity index (χ2v) is 8.36. The molecule has 1 saturated carbocycles. The number of hydrogen-bond acceptors (Lipinski definition) is 3. The Bertz CT molecular complexity index is 863. The van der Waals surface area contributed by atoms with Gasteiger partial charge in [-0.15, -0.1) is 0 Å². The number of rotatable bonds is 8. The van der Waals surface area contributed by atoms with Crippen molar-refractivity contribution in [3.63, 3.8) is 0 Å². The van der Waals surface area contributed by atoms with Gasteiger partial charge in [0.15, 0.2) is 6.61 Å². The van der Waals surface area contributed by atoms with E-state index < -0.39 is 6.04 Å². The number of ether oxygens (including phenoxy) is 1. The second kappa shape index (κ2) is 10.5. The van der Waals surface area contributed by atoms with Crippen molar-refractivity contribution in [2.24, 2.45) is 0 Å². The third kappa shape index (κ3) is 6.23. The summed E-state index contributed by atoms with van der Waals surface area (Å²) in [4.78, 5) is 27.4. The first-order valence-corrected chi connectivity index (χ1v) is 10.8. The Morgan fingerprint density at radius 1 is 1.17 bits per heavy atom. The van der Waals surface area contributed by atoms with Crippen LogP contribution in [0.3, 0.4) is 0 Å². The van der Waals surface area contributed by atoms with Crippen LogP contribution < -0.4 is 10.1 Å². The van der Waals surface area contributed by atoms with E-state index in [1.807, 2.05) is 49.4 Å². The maximum Gasteiger partial charge on any atom is 0.261 e. The maximum atomic E-state index is 13.0. The van der Waals surface area contributed by atoms with E-state index in [4.69, 9.17) is 16.3 Å². The van der Waals surface area contributed by atoms with E-state index in [1.165, 1.54) is 0 Å². The Morgan fingerprint density at radius 2 is 1.87 bits per heavy atom. The van der Waals surface area contributed by atoms with E-state index in [9.17, 15) is 9.59 Å². The minimum absolute atomic E-state index is 0.132. The van der Waals surface area contributed by atoms with Crippen LogP contribution in [0.5, 0.6) is 5.75 Å². The lowest BCUT2D eigenvalue weighted by Gasteiger charge is -2.29. The van der Waals surface area contributed by atoms with Crippen molar-refractivity contribution in [2.45, 2.75) is 58.2 Å². The number of benzene rings is 2. The van der Waals surface area contributed by atoms with E-state index in [2.05, 4.69) is 5.32 Å². The first-order valence-electron chi connectivity index (χ1n) is 10.5. The van der Waals surface area contributed by atoms with Gasteiger partial charge in [-0.2, -0.15) is 0 Å². The lowest BCUT2D eigenvalue weighted by molar-refractivity contribution is -0.142. The predicted molar refractivity (Wildman–Crippen MR) is 119 cm³/mol. The highest BCUT2D eigenvalue weighted by molar-refractivity contribution is 6.30. The molecule has 0 aromatic heterocycles. The van der Waals surface area contributed by atoms with Gasteiger partial charge < -0.3 is 15.0 Å². The number of carbonyl (C=O) groups excluding carboxylic acids is 2. The molecule has 0 radical (unpaired) electrons. The van der Waals surface area contributed by atoms with Gasteiger partial charge in [-0.1, -0.05) is 54.3 Å². The van der Waals surface area contributed by atoms with Gasteiger partial charge in [-0.05, 0) is 56.5 Å². The van der Waals surface area contributed by atoms with Crippen molar-refractivity contribution in [3.8, 4) is 5.75 Å². The maximum absolute atomic E-state index is 13.0. The van der Waals surface area contributed by atoms with Gasteiger partial charge in [-0.3, -0.25) is 9.59 Å². The molecule has 2 amide bonds. The Balaban J connectivity index is 1.70. The van der Waals surface area contributed by atoms with Gasteiger partial charge in [0.1, 0.15) is 11.8 Å². The molecule has 0 saturated heterocycles. The van der Waals surface area contributed by atoms with Crippen molar-refractivity contribution in [3.05, 3.63) is 64.7 Å². The highest BCUT2D eigenvalue weighted by Gasteiger charge is 2.28. The normalized spacial score (nSPS) is 14.9. The van der Waals surface area contributed by atoms with Crippen LogP contribution in [0.15, 0.2) is 48.5 Å². The third-order valence-electron chi connectivity index (χ3n) is 5.49. The van der Waals surface area contributed by atoms with Gasteiger partial charge >= 0.3 is 0 Å². The summed E-state index contributed by atoms with van der Waals surface area (Å²) in [5.41, 5.74) is 1.99. The zero-order valence-corrected chi connectivity index (χ0v) is 18.3. The monoisotopic (exact) mass is 428 g/mol. The molecule has 2 aromatic rings. The van der Waals surface area contributed by atoms with Crippen molar-refractivity contribution in [2.75, 3.05) is 6.61 Å². The molecule has 1 aliphatic carbocycles. The molecular weight excluding hydrogens is 400 g/mol. The van der Waals surface area contributed by atoms with Crippen molar-refractivity contribution in [1.82, 2.24) is 10.2 Å². The van der Waals surface area contributed by atoms with Crippen LogP contribution in [0.4, 0.5) is 0 Å². The molecule has 5 nitrogen and oxygen atoms in total. The number of hydrogen-bond donors (Lipinski definition) is 1. The molecule has 30 heavy (non-hydrogen) atoms. The number of carbonyl (C=O) groups is 2. The lowest BCUT2D eigenvalue weighted by atomic mass is 10.1. The van der Waals surface area contributed by atoms with Crippen LogP contribution >= 0.6 is 11.6 Å². The van der Waals surface area contributed by atoms with E-state index in [1.54, 1.807) is 17.9 Å². The van der Waals surface area contributed by atoms with Crippen LogP contribution in [-0.2, 0) is 16.1 Å². The van der Waals surface area contributed by atoms with Crippen LogP contribution in [0.1, 0.15) is 43.7 Å². The average molecular weight is 429 g/mol. The second-order valence-electron chi connectivity index (χ2n) is 7.92. The number of nitrogens with zero attached hydrogens (tertiary/aromatic N) is 1. The molecule has 2 aromatic carbocycles. The fourth-order valence-corrected chi connectivity index (χ4v) is 3.88. The minimum Gasteiger partial charge on any atom is -0.484 e. The molecule has 1 fully saturated rings. The molecule has 6 heteroatoms. The van der Waals surface area contributed by atoms with E-state index in [0.29, 0.717) is 10.8 Å². The van der Waals surface area contributed by atoms with Gasteiger partial charge in [-0.25, -0.2) is 0 Å². The molecule has 1 aliphatic rings. The third-order valence-corrected chi connectivity index (χ3v) is 5.73. The first-order chi connectivity index (χ1) is 14.4. The Kier molecular flexibility index (Phi) is 7.75. The fraction of sp³-hybridized carbons (Fsp3) is 0.417. The summed E-state index contributed by atoms with van der Waals surface area (Å²) in [6.45, 7) is 3.91. The summed E-state index contributed by atoms with van der Waals surface area (Å²) in [6, 6.07) is 14.5. The van der Waals surface area contributed by atoms with Crippen molar-refractivity contribution < 1.29 is 14.3 Å². The zero-order chi connectivity index (χ0) is 21.5. The molecule has 0 heterocycles. The minimum atomic E-state index is -0.612. The number of aryl methyl sites for hydroxylation is 1. The molecule has 160 valence electrons. The van der Waals surface area contributed by atoms with Crippen LogP contribution in [-0.4, -0.2) is 35.4 Å². The Hall–Kier alpha value is -2.53. The predicted octanol–water partition coefficient (Wildman–Crippen LogP) is 4.50. The lowest BCUT2D eigenvalue weighted by Crippen LogP contribution is -2.50. The Labute approximate surface area is 183 Å². The smallest absolute Gasteiger partial charge is 0.261 e. The fourth-order valence-electron chi connectivity index (χ4n) is 3.67. The van der Waals surface area contributed by atoms with Crippen LogP contribution in [0.2, 0.25) is 5.02 Å². The summed E-state index contributed by atoms with van der Waals surface area (Å²) >= 11 is 6.11. The standard InChI is InChI=1S/C24H29ClN2O3/c1-17-10-12-22(13-11-17)30-16-23(28)27(15-19-6-5-7-20(25)14-19)18(2)24(29)26-21-8-3-4-9-21/h5-7,10-14,18,21H,3-4,8-9,15-16H2,1-2H3,(H,26,29)/t18-/m0/s1. The van der Waals surface area contributed by atoms with E-state index >= 15 is 0 Å². The van der Waals surface area contributed by atoms with Gasteiger partial charge in [0.2, 0.25) is 5.91 Å². The Morgan fingerprint density at radius 3 is 2.53 bits per heavy atom. The topological polar surface area (TPSA) is 58.6 Å². The molecule has 1 N–H and O–H groups in total. The summed E-state index contributed by atoms with van der Waals surface area (Å²) < 4.78 is 5.68. The zero-order valence-electron chi connectivity index (χ0n) is 17.6. The molecule has 1 atom stereocenters. The largest absolute Gasteiger partial charge is 0.484 e. The number of halogens is 1. The van der Waals surface area contributed by atoms with Crippen molar-refractivity contribution >= 4 is 23.4 Å².